The highest BCUT2D eigenvalue weighted by molar-refractivity contribution is 5.48. The first kappa shape index (κ1) is 18.3. The number of hydrogen-bond acceptors (Lipinski definition) is 5. The first-order valence-corrected chi connectivity index (χ1v) is 9.63. The summed E-state index contributed by atoms with van der Waals surface area (Å²) >= 11 is 0. The van der Waals surface area contributed by atoms with Crippen LogP contribution in [0.3, 0.4) is 0 Å². The van der Waals surface area contributed by atoms with Crippen LogP contribution >= 0.6 is 0 Å². The quantitative estimate of drug-likeness (QED) is 0.694. The number of aromatic nitrogens is 3. The number of terminal acetylenes is 1. The molecule has 6 heteroatoms. The van der Waals surface area contributed by atoms with E-state index < -0.39 is 0 Å². The van der Waals surface area contributed by atoms with Crippen molar-refractivity contribution in [2.75, 3.05) is 25.4 Å². The van der Waals surface area contributed by atoms with Crippen molar-refractivity contribution in [3.63, 3.8) is 0 Å². The molecule has 0 spiro atoms. The van der Waals surface area contributed by atoms with E-state index in [1.807, 2.05) is 37.3 Å². The van der Waals surface area contributed by atoms with Gasteiger partial charge < -0.3 is 10.5 Å². The van der Waals surface area contributed by atoms with Gasteiger partial charge in [0.2, 0.25) is 0 Å². The number of ether oxygens (including phenoxy) is 1. The zero-order valence-electron chi connectivity index (χ0n) is 16.1. The number of nitrogens with two attached hydrogens (primary N) is 1. The van der Waals surface area contributed by atoms with Crippen LogP contribution < -0.4 is 10.5 Å². The Morgan fingerprint density at radius 2 is 2.18 bits per heavy atom. The van der Waals surface area contributed by atoms with Gasteiger partial charge in [-0.1, -0.05) is 24.1 Å². The maximum Gasteiger partial charge on any atom is 0.157 e. The smallest absolute Gasteiger partial charge is 0.157 e. The summed E-state index contributed by atoms with van der Waals surface area (Å²) in [5, 5.41) is 4.39. The third kappa shape index (κ3) is 3.80. The van der Waals surface area contributed by atoms with Crippen LogP contribution in [0.4, 0.5) is 5.82 Å². The minimum atomic E-state index is 0.285. The Bertz CT molecular complexity index is 1020. The molecular weight excluding hydrogens is 350 g/mol. The summed E-state index contributed by atoms with van der Waals surface area (Å²) in [6, 6.07) is 12.0. The molecule has 0 amide bonds. The average Bonchev–Trinajstić information content (AvgIpc) is 3.08. The van der Waals surface area contributed by atoms with Gasteiger partial charge in [-0.15, -0.1) is 6.42 Å². The van der Waals surface area contributed by atoms with Gasteiger partial charge >= 0.3 is 0 Å². The lowest BCUT2D eigenvalue weighted by Gasteiger charge is -2.33. The molecule has 0 bridgehead atoms. The zero-order chi connectivity index (χ0) is 19.5. The van der Waals surface area contributed by atoms with Gasteiger partial charge in [-0.2, -0.15) is 9.61 Å². The summed E-state index contributed by atoms with van der Waals surface area (Å²) in [5.41, 5.74) is 10.2. The van der Waals surface area contributed by atoms with E-state index in [0.717, 1.165) is 60.8 Å². The van der Waals surface area contributed by atoms with E-state index in [-0.39, 0.29) is 6.61 Å². The second-order valence-corrected chi connectivity index (χ2v) is 7.34. The van der Waals surface area contributed by atoms with E-state index in [1.165, 1.54) is 0 Å². The number of benzene rings is 1. The molecule has 1 aliphatic heterocycles. The molecule has 28 heavy (non-hydrogen) atoms. The number of nitrogen functional groups attached to an aromatic ring is 1. The van der Waals surface area contributed by atoms with E-state index in [1.54, 1.807) is 4.52 Å². The maximum absolute atomic E-state index is 6.22. The summed E-state index contributed by atoms with van der Waals surface area (Å²) in [5.74, 6) is 4.39. The van der Waals surface area contributed by atoms with E-state index in [0.29, 0.717) is 11.7 Å². The number of piperidine rings is 1. The number of aryl methyl sites for hydroxylation is 1. The summed E-state index contributed by atoms with van der Waals surface area (Å²) in [6.07, 6.45) is 7.58. The lowest BCUT2D eigenvalue weighted by molar-refractivity contribution is 0.196. The molecule has 0 radical (unpaired) electrons. The van der Waals surface area contributed by atoms with Gasteiger partial charge in [-0.25, -0.2) is 4.98 Å². The standard InChI is InChI=1S/C22H25N5O/c1-3-11-28-20-9-5-4-7-18(20)15-26-10-6-8-17(14-26)19-13-21(23)27-22(24-19)12-16(2)25-27/h1,4-5,7,9,12-13,17H,6,8,10-11,14-15,23H2,2H3/t17-/m1/s1. The van der Waals surface area contributed by atoms with Crippen LogP contribution in [0.2, 0.25) is 0 Å². The van der Waals surface area contributed by atoms with Crippen LogP contribution in [0.15, 0.2) is 36.4 Å². The fraction of sp³-hybridized carbons (Fsp3) is 0.364. The van der Waals surface area contributed by atoms with Crippen molar-refractivity contribution < 1.29 is 4.74 Å². The van der Waals surface area contributed by atoms with Crippen LogP contribution in [-0.2, 0) is 6.54 Å². The Kier molecular flexibility index (Phi) is 5.18. The molecule has 1 atom stereocenters. The molecule has 2 aromatic heterocycles. The van der Waals surface area contributed by atoms with Gasteiger partial charge in [-0.05, 0) is 32.4 Å². The number of anilines is 1. The molecule has 1 saturated heterocycles. The molecule has 1 aromatic carbocycles. The molecule has 1 fully saturated rings. The highest BCUT2D eigenvalue weighted by Crippen LogP contribution is 2.29. The van der Waals surface area contributed by atoms with E-state index >= 15 is 0 Å². The van der Waals surface area contributed by atoms with Gasteiger partial charge in [0.05, 0.1) is 11.4 Å². The fourth-order valence-electron chi connectivity index (χ4n) is 3.92. The average molecular weight is 375 g/mol. The molecule has 0 aliphatic carbocycles. The third-order valence-electron chi connectivity index (χ3n) is 5.20. The van der Waals surface area contributed by atoms with Gasteiger partial charge in [0.1, 0.15) is 18.2 Å². The van der Waals surface area contributed by atoms with Crippen molar-refractivity contribution in [1.82, 2.24) is 19.5 Å². The number of nitrogens with zero attached hydrogens (tertiary/aromatic N) is 4. The van der Waals surface area contributed by atoms with Crippen molar-refractivity contribution in [2.45, 2.75) is 32.2 Å². The minimum Gasteiger partial charge on any atom is -0.481 e. The fourth-order valence-corrected chi connectivity index (χ4v) is 3.92. The summed E-state index contributed by atoms with van der Waals surface area (Å²) in [6.45, 7) is 5.08. The number of hydrogen-bond donors (Lipinski definition) is 1. The maximum atomic E-state index is 6.22. The molecule has 4 rings (SSSR count). The second-order valence-electron chi connectivity index (χ2n) is 7.34. The van der Waals surface area contributed by atoms with Crippen molar-refractivity contribution in [2.24, 2.45) is 0 Å². The predicted molar refractivity (Wildman–Crippen MR) is 110 cm³/mol. The SMILES string of the molecule is C#CCOc1ccccc1CN1CCC[C@@H](c2cc(N)n3nc(C)cc3n2)C1. The molecule has 3 aromatic rings. The highest BCUT2D eigenvalue weighted by Gasteiger charge is 2.24. The number of para-hydroxylation sites is 1. The highest BCUT2D eigenvalue weighted by atomic mass is 16.5. The largest absolute Gasteiger partial charge is 0.481 e. The number of fused-ring (bicyclic) bond motifs is 1. The first-order chi connectivity index (χ1) is 13.6. The monoisotopic (exact) mass is 375 g/mol. The first-order valence-electron chi connectivity index (χ1n) is 9.63. The Labute approximate surface area is 165 Å². The van der Waals surface area contributed by atoms with Crippen LogP contribution in [0, 0.1) is 19.3 Å². The Morgan fingerprint density at radius 1 is 1.32 bits per heavy atom. The summed E-state index contributed by atoms with van der Waals surface area (Å²) in [7, 11) is 0. The molecule has 144 valence electrons. The lowest BCUT2D eigenvalue weighted by atomic mass is 9.94. The molecule has 3 heterocycles. The lowest BCUT2D eigenvalue weighted by Crippen LogP contribution is -2.34. The van der Waals surface area contributed by atoms with Crippen molar-refractivity contribution in [3.05, 3.63) is 53.3 Å². The second kappa shape index (κ2) is 7.91. The molecule has 6 nitrogen and oxygen atoms in total. The van der Waals surface area contributed by atoms with Crippen LogP contribution in [0.1, 0.15) is 35.7 Å². The topological polar surface area (TPSA) is 68.7 Å². The third-order valence-corrected chi connectivity index (χ3v) is 5.20. The van der Waals surface area contributed by atoms with Crippen LogP contribution in [0.5, 0.6) is 5.75 Å². The van der Waals surface area contributed by atoms with Crippen molar-refractivity contribution in [3.8, 4) is 18.1 Å². The summed E-state index contributed by atoms with van der Waals surface area (Å²) < 4.78 is 7.41. The van der Waals surface area contributed by atoms with Gasteiger partial charge in [-0.3, -0.25) is 4.90 Å². The predicted octanol–water partition coefficient (Wildman–Crippen LogP) is 3.01. The molecule has 2 N–H and O–H groups in total. The minimum absolute atomic E-state index is 0.285. The van der Waals surface area contributed by atoms with Crippen molar-refractivity contribution >= 4 is 11.5 Å². The van der Waals surface area contributed by atoms with Crippen LogP contribution in [0.25, 0.3) is 5.65 Å². The molecular formula is C22H25N5O. The molecule has 0 saturated carbocycles. The van der Waals surface area contributed by atoms with Crippen molar-refractivity contribution in [1.29, 1.82) is 0 Å². The molecule has 0 unspecified atom stereocenters. The van der Waals surface area contributed by atoms with E-state index in [4.69, 9.17) is 21.9 Å². The Morgan fingerprint density at radius 3 is 3.04 bits per heavy atom. The zero-order valence-corrected chi connectivity index (χ0v) is 16.1. The summed E-state index contributed by atoms with van der Waals surface area (Å²) in [4.78, 5) is 7.28. The van der Waals surface area contributed by atoms with Gasteiger partial charge in [0, 0.05) is 36.7 Å². The van der Waals surface area contributed by atoms with E-state index in [2.05, 4.69) is 22.0 Å². The van der Waals surface area contributed by atoms with Gasteiger partial charge in [0.15, 0.2) is 5.65 Å². The van der Waals surface area contributed by atoms with Crippen LogP contribution in [-0.4, -0.2) is 39.2 Å². The number of rotatable bonds is 5. The Balaban J connectivity index is 1.52. The Hall–Kier alpha value is -3.04. The number of likely N-dealkylation sites (tertiary alicyclic amines) is 1. The van der Waals surface area contributed by atoms with Gasteiger partial charge in [0.25, 0.3) is 0 Å². The molecule has 1 aliphatic rings. The van der Waals surface area contributed by atoms with E-state index in [9.17, 15) is 0 Å². The normalized spacial score (nSPS) is 17.5.